The molecule has 6 aromatic rings. The fourth-order valence-corrected chi connectivity index (χ4v) is 6.53. The van der Waals surface area contributed by atoms with Crippen LogP contribution in [-0.4, -0.2) is 48.2 Å². The fraction of sp³-hybridized carbons (Fsp3) is 0.224. The van der Waals surface area contributed by atoms with Crippen molar-refractivity contribution < 1.29 is 53.2 Å². The molecule has 0 aliphatic rings. The van der Waals surface area contributed by atoms with E-state index in [1.165, 1.54) is 32.2 Å². The van der Waals surface area contributed by atoms with Crippen LogP contribution >= 0.6 is 24.8 Å². The summed E-state index contributed by atoms with van der Waals surface area (Å²) in [5, 5.41) is 0. The summed E-state index contributed by atoms with van der Waals surface area (Å²) in [5.41, 5.74) is 11.5. The molecule has 1 radical (unpaired) electrons. The largest absolute Gasteiger partial charge is 0.480 e. The number of aliphatic imine (C=N–C) groups is 2. The van der Waals surface area contributed by atoms with Crippen LogP contribution in [0.4, 0.5) is 11.4 Å². The van der Waals surface area contributed by atoms with Crippen molar-refractivity contribution >= 4 is 60.2 Å². The second-order valence-electron chi connectivity index (χ2n) is 14.3. The van der Waals surface area contributed by atoms with E-state index in [2.05, 4.69) is 78.0 Å². The Morgan fingerprint density at radius 2 is 0.934 bits per heavy atom. The summed E-state index contributed by atoms with van der Waals surface area (Å²) in [6, 6.07) is 37.0. The molecule has 0 saturated carbocycles. The third-order valence-electron chi connectivity index (χ3n) is 9.38. The van der Waals surface area contributed by atoms with E-state index in [0.29, 0.717) is 34.7 Å². The molecule has 0 amide bonds. The van der Waals surface area contributed by atoms with Gasteiger partial charge >= 0.3 is 0 Å². The van der Waals surface area contributed by atoms with Gasteiger partial charge in [0.1, 0.15) is 0 Å². The van der Waals surface area contributed by atoms with E-state index in [1.807, 2.05) is 93.6 Å². The standard InChI is InChI=1S/C26H28N2O2.C23H22N2O2.2ClH.Cu.Fe/c1-17(2)20-12-9-13-21(18(3)4)25(20)27-16-24(29)22-14-15-23(28-26(22)30-5)19-10-7-6-8-11-19;1-15-12-16(2)22(17(3)13-15)24-14-21(26)19-10-11-20(25-23(19)27-4)18-8-6-5-7-9-18;;;;/h6-18H,1-5H3;5-14H,1-4H3;2*1H;;. The van der Waals surface area contributed by atoms with Gasteiger partial charge in [-0.2, -0.15) is 0 Å². The Morgan fingerprint density at radius 3 is 1.30 bits per heavy atom. The van der Waals surface area contributed by atoms with E-state index < -0.39 is 0 Å². The first-order valence-corrected chi connectivity index (χ1v) is 19.0. The summed E-state index contributed by atoms with van der Waals surface area (Å²) < 4.78 is 10.8. The number of ether oxygens (including phenoxy) is 2. The Balaban J connectivity index is 0.000000575. The topological polar surface area (TPSA) is 103 Å². The minimum Gasteiger partial charge on any atom is -0.480 e. The van der Waals surface area contributed by atoms with Gasteiger partial charge in [-0.25, -0.2) is 9.97 Å². The van der Waals surface area contributed by atoms with Gasteiger partial charge in [-0.05, 0) is 79.1 Å². The number of Topliss-reactive ketones (excluding diaryl/α,β-unsaturated/α-hetero) is 2. The third kappa shape index (κ3) is 14.1. The average Bonchev–Trinajstić information content (AvgIpc) is 3.22. The number of pyridine rings is 2. The van der Waals surface area contributed by atoms with Crippen molar-refractivity contribution in [3.05, 3.63) is 154 Å². The number of carbonyl (C=O) groups excluding carboxylic acids is 2. The molecular formula is C49H52Cl2CuFeN4O4. The van der Waals surface area contributed by atoms with Crippen LogP contribution in [0.5, 0.6) is 11.8 Å². The van der Waals surface area contributed by atoms with E-state index in [9.17, 15) is 9.59 Å². The van der Waals surface area contributed by atoms with Gasteiger partial charge in [-0.1, -0.05) is 124 Å². The second kappa shape index (κ2) is 25.8. The molecule has 0 unspecified atom stereocenters. The van der Waals surface area contributed by atoms with Gasteiger partial charge in [0.05, 0.1) is 60.5 Å². The van der Waals surface area contributed by atoms with Gasteiger partial charge in [0.15, 0.2) is 0 Å². The van der Waals surface area contributed by atoms with Crippen LogP contribution in [0.2, 0.25) is 0 Å². The van der Waals surface area contributed by atoms with Crippen LogP contribution in [0, 0.1) is 20.8 Å². The summed E-state index contributed by atoms with van der Waals surface area (Å²) in [4.78, 5) is 43.7. The van der Waals surface area contributed by atoms with Crippen molar-refractivity contribution in [2.24, 2.45) is 9.98 Å². The molecule has 0 fully saturated rings. The van der Waals surface area contributed by atoms with Gasteiger partial charge in [-0.3, -0.25) is 19.6 Å². The molecular weight excluding hydrogens is 899 g/mol. The van der Waals surface area contributed by atoms with Crippen molar-refractivity contribution in [1.82, 2.24) is 9.97 Å². The summed E-state index contributed by atoms with van der Waals surface area (Å²) >= 11 is 0. The number of nitrogens with zero attached hydrogens (tertiary/aromatic N) is 4. The van der Waals surface area contributed by atoms with Gasteiger partial charge in [0.25, 0.3) is 0 Å². The van der Waals surface area contributed by atoms with E-state index >= 15 is 0 Å². The van der Waals surface area contributed by atoms with E-state index in [0.717, 1.165) is 56.1 Å². The Bertz CT molecular complexity index is 2380. The van der Waals surface area contributed by atoms with Crippen molar-refractivity contribution in [3.63, 3.8) is 0 Å². The molecule has 0 aliphatic carbocycles. The van der Waals surface area contributed by atoms with Crippen LogP contribution in [0.15, 0.2) is 125 Å². The number of halogens is 2. The summed E-state index contributed by atoms with van der Waals surface area (Å²) in [5.74, 6) is 0.754. The van der Waals surface area contributed by atoms with Gasteiger partial charge in [0.2, 0.25) is 23.3 Å². The van der Waals surface area contributed by atoms with Crippen molar-refractivity contribution in [1.29, 1.82) is 0 Å². The number of rotatable bonds is 12. The molecule has 4 aromatic carbocycles. The van der Waals surface area contributed by atoms with Crippen LogP contribution in [0.25, 0.3) is 22.5 Å². The second-order valence-corrected chi connectivity index (χ2v) is 14.3. The molecule has 0 saturated heterocycles. The zero-order valence-electron chi connectivity index (χ0n) is 35.7. The number of hydrogen-bond donors (Lipinski definition) is 0. The average molecular weight is 951 g/mol. The van der Waals surface area contributed by atoms with Crippen LogP contribution < -0.4 is 9.47 Å². The molecule has 0 spiro atoms. The first kappa shape index (κ1) is 54.1. The predicted molar refractivity (Wildman–Crippen MR) is 247 cm³/mol. The maximum absolute atomic E-state index is 12.9. The van der Waals surface area contributed by atoms with Gasteiger partial charge in [0, 0.05) is 45.3 Å². The number of aromatic nitrogens is 2. The van der Waals surface area contributed by atoms with Crippen LogP contribution in [0.1, 0.15) is 88.1 Å². The van der Waals surface area contributed by atoms with Gasteiger partial charge < -0.3 is 9.47 Å². The first-order valence-electron chi connectivity index (χ1n) is 19.0. The Hall–Kier alpha value is -4.92. The quantitative estimate of drug-likeness (QED) is 0.0688. The molecule has 0 N–H and O–H groups in total. The van der Waals surface area contributed by atoms with E-state index in [-0.39, 0.29) is 70.5 Å². The van der Waals surface area contributed by atoms with Crippen molar-refractivity contribution in [2.45, 2.75) is 60.3 Å². The molecule has 0 aliphatic heterocycles. The molecule has 2 heterocycles. The van der Waals surface area contributed by atoms with Crippen LogP contribution in [-0.2, 0) is 34.1 Å². The molecule has 325 valence electrons. The third-order valence-corrected chi connectivity index (χ3v) is 9.38. The smallest absolute Gasteiger partial charge is 0.225 e. The fourth-order valence-electron chi connectivity index (χ4n) is 6.53. The van der Waals surface area contributed by atoms with E-state index in [4.69, 9.17) is 9.47 Å². The molecule has 2 aromatic heterocycles. The Morgan fingerprint density at radius 1 is 0.557 bits per heavy atom. The minimum atomic E-state index is -0.238. The number of benzene rings is 4. The van der Waals surface area contributed by atoms with Gasteiger partial charge in [-0.15, -0.1) is 24.8 Å². The summed E-state index contributed by atoms with van der Waals surface area (Å²) in [6.45, 7) is 14.6. The number of methoxy groups -OCH3 is 2. The molecule has 0 atom stereocenters. The normalized spacial score (nSPS) is 10.5. The maximum Gasteiger partial charge on any atom is 0.225 e. The molecule has 6 rings (SSSR count). The SMILES string of the molecule is COc1nc(-c2ccccc2)ccc1C(=O)C=Nc1c(C(C)C)cccc1C(C)C.COc1nc(-c2ccccc2)ccc1C(=O)C=Nc1c(C)cc(C)cc1C.Cl.Cl.[Cu].[Fe]. The Kier molecular flexibility index (Phi) is 22.8. The zero-order chi connectivity index (χ0) is 41.1. The maximum atomic E-state index is 12.9. The molecule has 8 nitrogen and oxygen atoms in total. The summed E-state index contributed by atoms with van der Waals surface area (Å²) in [7, 11) is 3.04. The van der Waals surface area contributed by atoms with Crippen molar-refractivity contribution in [2.75, 3.05) is 14.2 Å². The number of hydrogen-bond acceptors (Lipinski definition) is 8. The Labute approximate surface area is 393 Å². The monoisotopic (exact) mass is 949 g/mol. The number of aryl methyl sites for hydroxylation is 3. The number of carbonyl (C=O) groups is 2. The first-order chi connectivity index (χ1) is 27.4. The minimum absolute atomic E-state index is 0. The summed E-state index contributed by atoms with van der Waals surface area (Å²) in [6.07, 6.45) is 2.72. The van der Waals surface area contributed by atoms with Crippen LogP contribution in [0.3, 0.4) is 0 Å². The molecule has 0 bridgehead atoms. The predicted octanol–water partition coefficient (Wildman–Crippen LogP) is 12.7. The number of para-hydroxylation sites is 1. The molecule has 12 heteroatoms. The number of ketones is 2. The van der Waals surface area contributed by atoms with Crippen molar-refractivity contribution in [3.8, 4) is 34.3 Å². The molecule has 61 heavy (non-hydrogen) atoms. The zero-order valence-corrected chi connectivity index (χ0v) is 39.4. The van der Waals surface area contributed by atoms with E-state index in [1.54, 1.807) is 12.1 Å².